The van der Waals surface area contributed by atoms with Gasteiger partial charge >= 0.3 is 6.03 Å². The molecule has 0 bridgehead atoms. The van der Waals surface area contributed by atoms with Crippen molar-refractivity contribution in [2.24, 2.45) is 5.92 Å². The summed E-state index contributed by atoms with van der Waals surface area (Å²) in [5.41, 5.74) is 0.640. The van der Waals surface area contributed by atoms with E-state index in [9.17, 15) is 4.79 Å². The second kappa shape index (κ2) is 7.50. The topological polar surface area (TPSA) is 93.4 Å². The van der Waals surface area contributed by atoms with Crippen LogP contribution in [0.2, 0.25) is 0 Å². The summed E-state index contributed by atoms with van der Waals surface area (Å²) in [6, 6.07) is 3.39. The summed E-state index contributed by atoms with van der Waals surface area (Å²) in [4.78, 5) is 22.6. The van der Waals surface area contributed by atoms with E-state index in [1.165, 1.54) is 0 Å². The molecular weight excluding hydrogens is 322 g/mol. The molecule has 0 radical (unpaired) electrons. The van der Waals surface area contributed by atoms with Gasteiger partial charge < -0.3 is 19.5 Å². The van der Waals surface area contributed by atoms with Crippen LogP contribution in [0.3, 0.4) is 0 Å². The van der Waals surface area contributed by atoms with Gasteiger partial charge in [0.25, 0.3) is 0 Å². The van der Waals surface area contributed by atoms with Crippen LogP contribution in [0.4, 0.5) is 10.5 Å². The van der Waals surface area contributed by atoms with Crippen LogP contribution in [0.25, 0.3) is 0 Å². The molecule has 8 heteroatoms. The van der Waals surface area contributed by atoms with Gasteiger partial charge in [0.15, 0.2) is 5.82 Å². The molecule has 25 heavy (non-hydrogen) atoms. The second-order valence-electron chi connectivity index (χ2n) is 6.62. The molecule has 3 heterocycles. The predicted octanol–water partition coefficient (Wildman–Crippen LogP) is 2.83. The maximum absolute atomic E-state index is 12.4. The van der Waals surface area contributed by atoms with Crippen LogP contribution in [-0.2, 0) is 0 Å². The minimum Gasteiger partial charge on any atom is -0.477 e. The lowest BCUT2D eigenvalue weighted by atomic mass is 10.1. The second-order valence-corrected chi connectivity index (χ2v) is 6.62. The van der Waals surface area contributed by atoms with Gasteiger partial charge in [0.05, 0.1) is 18.5 Å². The van der Waals surface area contributed by atoms with E-state index in [-0.39, 0.29) is 11.9 Å². The molecule has 8 nitrogen and oxygen atoms in total. The van der Waals surface area contributed by atoms with Crippen molar-refractivity contribution in [1.82, 2.24) is 20.0 Å². The maximum atomic E-state index is 12.4. The van der Waals surface area contributed by atoms with Crippen LogP contribution in [0, 0.1) is 12.8 Å². The minimum atomic E-state index is -0.152. The Kier molecular flexibility index (Phi) is 5.16. The average molecular weight is 345 g/mol. The Balaban J connectivity index is 1.52. The largest absolute Gasteiger partial charge is 0.477 e. The van der Waals surface area contributed by atoms with Gasteiger partial charge in [-0.2, -0.15) is 4.98 Å². The monoisotopic (exact) mass is 345 g/mol. The molecule has 1 aliphatic rings. The first-order valence-corrected chi connectivity index (χ1v) is 8.46. The van der Waals surface area contributed by atoms with E-state index in [2.05, 4.69) is 34.3 Å². The molecule has 1 aliphatic heterocycles. The van der Waals surface area contributed by atoms with Gasteiger partial charge in [-0.15, -0.1) is 0 Å². The lowest BCUT2D eigenvalue weighted by Gasteiger charge is -2.17. The Bertz CT molecular complexity index is 713. The highest BCUT2D eigenvalue weighted by Gasteiger charge is 2.30. The number of urea groups is 1. The van der Waals surface area contributed by atoms with E-state index < -0.39 is 0 Å². The van der Waals surface area contributed by atoms with Crippen LogP contribution in [-0.4, -0.2) is 45.8 Å². The Morgan fingerprint density at radius 1 is 1.48 bits per heavy atom. The van der Waals surface area contributed by atoms with Gasteiger partial charge in [0, 0.05) is 32.0 Å². The number of hydrogen-bond acceptors (Lipinski definition) is 6. The summed E-state index contributed by atoms with van der Waals surface area (Å²) < 4.78 is 10.5. The van der Waals surface area contributed by atoms with Gasteiger partial charge in [-0.1, -0.05) is 19.0 Å². The van der Waals surface area contributed by atoms with Crippen LogP contribution >= 0.6 is 0 Å². The predicted molar refractivity (Wildman–Crippen MR) is 91.6 cm³/mol. The number of pyridine rings is 1. The van der Waals surface area contributed by atoms with Crippen molar-refractivity contribution in [2.45, 2.75) is 33.1 Å². The number of nitrogens with zero attached hydrogens (tertiary/aromatic N) is 4. The molecule has 1 saturated heterocycles. The van der Waals surface area contributed by atoms with Crippen molar-refractivity contribution in [1.29, 1.82) is 0 Å². The summed E-state index contributed by atoms with van der Waals surface area (Å²) in [7, 11) is 0. The van der Waals surface area contributed by atoms with E-state index in [0.717, 1.165) is 6.42 Å². The van der Waals surface area contributed by atoms with Crippen LogP contribution in [0.1, 0.15) is 37.9 Å². The summed E-state index contributed by atoms with van der Waals surface area (Å²) in [6.07, 6.45) is 2.43. The molecule has 0 saturated carbocycles. The molecule has 0 aliphatic carbocycles. The number of aromatic nitrogens is 3. The van der Waals surface area contributed by atoms with Crippen molar-refractivity contribution in [3.63, 3.8) is 0 Å². The highest BCUT2D eigenvalue weighted by molar-refractivity contribution is 5.89. The van der Waals surface area contributed by atoms with Crippen molar-refractivity contribution in [3.05, 3.63) is 30.0 Å². The van der Waals surface area contributed by atoms with Crippen molar-refractivity contribution in [3.8, 4) is 5.88 Å². The van der Waals surface area contributed by atoms with Gasteiger partial charge in [-0.3, -0.25) is 0 Å². The molecule has 2 amide bonds. The van der Waals surface area contributed by atoms with Crippen molar-refractivity contribution >= 4 is 11.7 Å². The molecule has 2 aromatic rings. The summed E-state index contributed by atoms with van der Waals surface area (Å²) in [6.45, 7) is 7.77. The van der Waals surface area contributed by atoms with E-state index >= 15 is 0 Å². The number of carbonyl (C=O) groups excluding carboxylic acids is 1. The summed E-state index contributed by atoms with van der Waals surface area (Å²) >= 11 is 0. The fraction of sp³-hybridized carbons (Fsp3) is 0.529. The van der Waals surface area contributed by atoms with Crippen LogP contribution < -0.4 is 10.1 Å². The molecule has 2 aromatic heterocycles. The third-order valence-electron chi connectivity index (χ3n) is 3.94. The highest BCUT2D eigenvalue weighted by atomic mass is 16.5. The smallest absolute Gasteiger partial charge is 0.321 e. The number of carbonyl (C=O) groups is 1. The Morgan fingerprint density at radius 2 is 2.32 bits per heavy atom. The minimum absolute atomic E-state index is 0.119. The number of hydrogen-bond donors (Lipinski definition) is 1. The van der Waals surface area contributed by atoms with Crippen molar-refractivity contribution in [2.75, 3.05) is 25.0 Å². The van der Waals surface area contributed by atoms with E-state index in [1.807, 2.05) is 0 Å². The zero-order valence-electron chi connectivity index (χ0n) is 14.7. The fourth-order valence-corrected chi connectivity index (χ4v) is 2.63. The number of amides is 2. The third kappa shape index (κ3) is 4.46. The average Bonchev–Trinajstić information content (AvgIpc) is 3.23. The van der Waals surface area contributed by atoms with Gasteiger partial charge in [-0.05, 0) is 18.4 Å². The number of aryl methyl sites for hydroxylation is 1. The van der Waals surface area contributed by atoms with Gasteiger partial charge in [-0.25, -0.2) is 9.78 Å². The molecular formula is C17H23N5O3. The third-order valence-corrected chi connectivity index (χ3v) is 3.94. The molecule has 3 rings (SSSR count). The number of ether oxygens (including phenoxy) is 1. The summed E-state index contributed by atoms with van der Waals surface area (Å²) in [5, 5.41) is 6.80. The first kappa shape index (κ1) is 17.2. The molecule has 1 unspecified atom stereocenters. The van der Waals surface area contributed by atoms with E-state index in [4.69, 9.17) is 9.26 Å². The molecule has 134 valence electrons. The van der Waals surface area contributed by atoms with Crippen molar-refractivity contribution < 1.29 is 14.1 Å². The van der Waals surface area contributed by atoms with Gasteiger partial charge in [0.2, 0.25) is 11.8 Å². The number of rotatable bonds is 5. The molecule has 1 fully saturated rings. The first-order chi connectivity index (χ1) is 12.0. The molecule has 1 N–H and O–H groups in total. The van der Waals surface area contributed by atoms with Gasteiger partial charge in [0.1, 0.15) is 0 Å². The lowest BCUT2D eigenvalue weighted by Crippen LogP contribution is -2.32. The molecule has 0 spiro atoms. The van der Waals surface area contributed by atoms with Crippen LogP contribution in [0.5, 0.6) is 5.88 Å². The normalized spacial score (nSPS) is 17.1. The maximum Gasteiger partial charge on any atom is 0.321 e. The quantitative estimate of drug-likeness (QED) is 0.895. The highest BCUT2D eigenvalue weighted by Crippen LogP contribution is 2.25. The summed E-state index contributed by atoms with van der Waals surface area (Å²) in [5.74, 6) is 2.32. The van der Waals surface area contributed by atoms with E-state index in [0.29, 0.717) is 48.9 Å². The zero-order valence-corrected chi connectivity index (χ0v) is 14.7. The number of nitrogens with one attached hydrogen (secondary N) is 1. The Hall–Kier alpha value is -2.64. The van der Waals surface area contributed by atoms with Crippen LogP contribution in [0.15, 0.2) is 22.9 Å². The molecule has 0 aromatic carbocycles. The standard InChI is InChI=1S/C17H23N5O3/c1-11(2)10-24-15-5-4-14(8-18-15)20-17(23)22-7-6-13(9-22)16-19-12(3)25-21-16/h4-5,8,11,13H,6-7,9-10H2,1-3H3,(H,20,23). The number of likely N-dealkylation sites (tertiary alicyclic amines) is 1. The lowest BCUT2D eigenvalue weighted by molar-refractivity contribution is 0.222. The SMILES string of the molecule is Cc1nc(C2CCN(C(=O)Nc3ccc(OCC(C)C)nc3)C2)no1. The Labute approximate surface area is 146 Å². The first-order valence-electron chi connectivity index (χ1n) is 8.46. The Morgan fingerprint density at radius 3 is 2.96 bits per heavy atom. The zero-order chi connectivity index (χ0) is 17.8. The fourth-order valence-electron chi connectivity index (χ4n) is 2.63. The number of anilines is 1. The van der Waals surface area contributed by atoms with E-state index in [1.54, 1.807) is 30.2 Å². The molecule has 1 atom stereocenters.